The summed E-state index contributed by atoms with van der Waals surface area (Å²) in [6.45, 7) is 4.32. The second kappa shape index (κ2) is 8.52. The molecule has 0 amide bonds. The molecule has 0 aliphatic carbocycles. The van der Waals surface area contributed by atoms with Crippen LogP contribution in [0.2, 0.25) is 0 Å². The molecule has 0 atom stereocenters. The number of benzene rings is 2. The lowest BCUT2D eigenvalue weighted by Crippen LogP contribution is -2.07. The quantitative estimate of drug-likeness (QED) is 0.600. The Morgan fingerprint density at radius 3 is 2.15 bits per heavy atom. The van der Waals surface area contributed by atoms with Crippen molar-refractivity contribution < 1.29 is 9.53 Å². The van der Waals surface area contributed by atoms with Crippen LogP contribution >= 0.6 is 0 Å². The number of rotatable bonds is 7. The summed E-state index contributed by atoms with van der Waals surface area (Å²) in [5.41, 5.74) is 6.21. The van der Waals surface area contributed by atoms with Gasteiger partial charge >= 0.3 is 5.97 Å². The van der Waals surface area contributed by atoms with E-state index in [0.29, 0.717) is 12.3 Å². The Labute approximate surface area is 155 Å². The molecule has 0 aliphatic heterocycles. The van der Waals surface area contributed by atoms with Crippen LogP contribution in [-0.4, -0.2) is 11.0 Å². The van der Waals surface area contributed by atoms with Crippen molar-refractivity contribution in [1.29, 1.82) is 0 Å². The summed E-state index contributed by atoms with van der Waals surface area (Å²) in [5, 5.41) is 0. The first-order chi connectivity index (χ1) is 12.6. The van der Waals surface area contributed by atoms with Gasteiger partial charge in [0.2, 0.25) is 0 Å². The number of aromatic amines is 1. The van der Waals surface area contributed by atoms with E-state index in [-0.39, 0.29) is 5.97 Å². The van der Waals surface area contributed by atoms with Crippen LogP contribution in [0.1, 0.15) is 44.9 Å². The van der Waals surface area contributed by atoms with Gasteiger partial charge in [-0.2, -0.15) is 0 Å². The Bertz CT molecular complexity index is 851. The molecule has 2 aromatic carbocycles. The van der Waals surface area contributed by atoms with Crippen molar-refractivity contribution in [1.82, 2.24) is 4.98 Å². The lowest BCUT2D eigenvalue weighted by molar-refractivity contribution is 0.0465. The van der Waals surface area contributed by atoms with Crippen LogP contribution in [0.15, 0.2) is 60.7 Å². The first kappa shape index (κ1) is 18.0. The van der Waals surface area contributed by atoms with E-state index in [1.807, 2.05) is 50.2 Å². The molecule has 134 valence electrons. The summed E-state index contributed by atoms with van der Waals surface area (Å²) in [6, 6.07) is 20.2. The predicted molar refractivity (Wildman–Crippen MR) is 104 cm³/mol. The Morgan fingerprint density at radius 1 is 0.885 bits per heavy atom. The molecule has 3 rings (SSSR count). The van der Waals surface area contributed by atoms with Crippen molar-refractivity contribution >= 4 is 5.97 Å². The van der Waals surface area contributed by atoms with E-state index in [1.165, 1.54) is 11.1 Å². The van der Waals surface area contributed by atoms with Gasteiger partial charge in [0.05, 0.1) is 0 Å². The number of ether oxygens (including phenoxy) is 1. The van der Waals surface area contributed by atoms with Crippen LogP contribution in [-0.2, 0) is 24.2 Å². The van der Waals surface area contributed by atoms with Crippen molar-refractivity contribution in [2.75, 3.05) is 0 Å². The number of aromatic nitrogens is 1. The largest absolute Gasteiger partial charge is 0.456 e. The van der Waals surface area contributed by atoms with E-state index in [4.69, 9.17) is 4.74 Å². The van der Waals surface area contributed by atoms with Gasteiger partial charge in [-0.15, -0.1) is 0 Å². The van der Waals surface area contributed by atoms with Crippen LogP contribution in [0.25, 0.3) is 0 Å². The van der Waals surface area contributed by atoms with E-state index in [0.717, 1.165) is 36.1 Å². The minimum Gasteiger partial charge on any atom is -0.456 e. The van der Waals surface area contributed by atoms with E-state index >= 15 is 0 Å². The third-order valence-corrected chi connectivity index (χ3v) is 4.74. The highest BCUT2D eigenvalue weighted by molar-refractivity contribution is 5.89. The SMILES string of the molecule is Cc1[nH]c(C(=O)OCc2ccccc2)c(C)c1CCCc1ccccc1. The summed E-state index contributed by atoms with van der Waals surface area (Å²) >= 11 is 0. The molecule has 0 spiro atoms. The third kappa shape index (κ3) is 4.42. The summed E-state index contributed by atoms with van der Waals surface area (Å²) in [7, 11) is 0. The van der Waals surface area contributed by atoms with E-state index < -0.39 is 0 Å². The highest BCUT2D eigenvalue weighted by atomic mass is 16.5. The number of nitrogens with one attached hydrogen (secondary N) is 1. The number of H-pyrrole nitrogens is 1. The van der Waals surface area contributed by atoms with Gasteiger partial charge in [-0.05, 0) is 55.4 Å². The predicted octanol–water partition coefficient (Wildman–Crippen LogP) is 5.16. The second-order valence-corrected chi connectivity index (χ2v) is 6.63. The van der Waals surface area contributed by atoms with Crippen molar-refractivity contribution in [2.24, 2.45) is 0 Å². The maximum atomic E-state index is 12.4. The summed E-state index contributed by atoms with van der Waals surface area (Å²) in [5.74, 6) is -0.288. The fraction of sp³-hybridized carbons (Fsp3) is 0.261. The van der Waals surface area contributed by atoms with Gasteiger partial charge in [-0.25, -0.2) is 4.79 Å². The molecule has 1 N–H and O–H groups in total. The fourth-order valence-electron chi connectivity index (χ4n) is 3.28. The zero-order valence-electron chi connectivity index (χ0n) is 15.4. The molecular weight excluding hydrogens is 322 g/mol. The lowest BCUT2D eigenvalue weighted by atomic mass is 10.0. The minimum atomic E-state index is -0.288. The molecule has 3 aromatic rings. The molecule has 0 bridgehead atoms. The first-order valence-corrected chi connectivity index (χ1v) is 9.08. The van der Waals surface area contributed by atoms with Gasteiger partial charge in [-0.1, -0.05) is 60.7 Å². The molecule has 3 nitrogen and oxygen atoms in total. The van der Waals surface area contributed by atoms with Gasteiger partial charge in [0.1, 0.15) is 12.3 Å². The average Bonchev–Trinajstić information content (AvgIpc) is 2.96. The molecule has 3 heteroatoms. The van der Waals surface area contributed by atoms with Gasteiger partial charge in [-0.3, -0.25) is 0 Å². The topological polar surface area (TPSA) is 42.1 Å². The maximum absolute atomic E-state index is 12.4. The zero-order chi connectivity index (χ0) is 18.4. The molecule has 1 aromatic heterocycles. The van der Waals surface area contributed by atoms with Crippen molar-refractivity contribution in [3.63, 3.8) is 0 Å². The first-order valence-electron chi connectivity index (χ1n) is 9.08. The maximum Gasteiger partial charge on any atom is 0.355 e. The third-order valence-electron chi connectivity index (χ3n) is 4.74. The summed E-state index contributed by atoms with van der Waals surface area (Å²) in [6.07, 6.45) is 3.05. The van der Waals surface area contributed by atoms with Gasteiger partial charge in [0.15, 0.2) is 0 Å². The van der Waals surface area contributed by atoms with Crippen molar-refractivity contribution in [3.8, 4) is 0 Å². The van der Waals surface area contributed by atoms with Crippen LogP contribution in [0, 0.1) is 13.8 Å². The Balaban J connectivity index is 1.60. The zero-order valence-corrected chi connectivity index (χ0v) is 15.4. The number of carbonyl (C=O) groups is 1. The molecule has 0 aliphatic rings. The van der Waals surface area contributed by atoms with E-state index in [1.54, 1.807) is 0 Å². The molecule has 0 fully saturated rings. The monoisotopic (exact) mass is 347 g/mol. The fourth-order valence-corrected chi connectivity index (χ4v) is 3.28. The van der Waals surface area contributed by atoms with Gasteiger partial charge < -0.3 is 9.72 Å². The number of esters is 1. The second-order valence-electron chi connectivity index (χ2n) is 6.63. The Hall–Kier alpha value is -2.81. The lowest BCUT2D eigenvalue weighted by Gasteiger charge is -2.05. The summed E-state index contributed by atoms with van der Waals surface area (Å²) in [4.78, 5) is 15.7. The highest BCUT2D eigenvalue weighted by Crippen LogP contribution is 2.21. The van der Waals surface area contributed by atoms with Crippen LogP contribution in [0.4, 0.5) is 0 Å². The van der Waals surface area contributed by atoms with Gasteiger partial charge in [0, 0.05) is 5.69 Å². The number of aryl methyl sites for hydroxylation is 2. The van der Waals surface area contributed by atoms with E-state index in [2.05, 4.69) is 29.2 Å². The molecule has 0 radical (unpaired) electrons. The number of carbonyl (C=O) groups excluding carboxylic acids is 1. The Kier molecular flexibility index (Phi) is 5.90. The number of hydrogen-bond acceptors (Lipinski definition) is 2. The standard InChI is InChI=1S/C23H25NO2/c1-17-21(15-9-14-19-10-5-3-6-11-19)18(2)24-22(17)23(25)26-16-20-12-7-4-8-13-20/h3-8,10-13,24H,9,14-16H2,1-2H3. The molecule has 26 heavy (non-hydrogen) atoms. The van der Waals surface area contributed by atoms with Crippen molar-refractivity contribution in [3.05, 3.63) is 94.3 Å². The van der Waals surface area contributed by atoms with E-state index in [9.17, 15) is 4.79 Å². The normalized spacial score (nSPS) is 10.7. The molecule has 0 unspecified atom stereocenters. The summed E-state index contributed by atoms with van der Waals surface area (Å²) < 4.78 is 5.47. The Morgan fingerprint density at radius 2 is 1.50 bits per heavy atom. The smallest absolute Gasteiger partial charge is 0.355 e. The molecule has 0 saturated heterocycles. The van der Waals surface area contributed by atoms with Crippen LogP contribution < -0.4 is 0 Å². The number of hydrogen-bond donors (Lipinski definition) is 1. The molecular formula is C23H25NO2. The molecule has 1 heterocycles. The highest BCUT2D eigenvalue weighted by Gasteiger charge is 2.18. The van der Waals surface area contributed by atoms with Crippen LogP contribution in [0.5, 0.6) is 0 Å². The van der Waals surface area contributed by atoms with Crippen LogP contribution in [0.3, 0.4) is 0 Å². The minimum absolute atomic E-state index is 0.288. The average molecular weight is 347 g/mol. The molecule has 0 saturated carbocycles. The van der Waals surface area contributed by atoms with Gasteiger partial charge in [0.25, 0.3) is 0 Å². The van der Waals surface area contributed by atoms with Crippen molar-refractivity contribution in [2.45, 2.75) is 39.7 Å².